The Morgan fingerprint density at radius 2 is 1.67 bits per heavy atom. The Labute approximate surface area is 171 Å². The molecule has 3 aromatic rings. The number of aromatic nitrogens is 3. The molecule has 6 nitrogen and oxygen atoms in total. The average Bonchev–Trinajstić information content (AvgIpc) is 3.18. The molecule has 0 spiro atoms. The summed E-state index contributed by atoms with van der Waals surface area (Å²) in [7, 11) is 0. The Morgan fingerprint density at radius 1 is 1.00 bits per heavy atom. The van der Waals surface area contributed by atoms with Crippen molar-refractivity contribution < 1.29 is 18.0 Å². The quantitative estimate of drug-likeness (QED) is 0.712. The highest BCUT2D eigenvalue weighted by Crippen LogP contribution is 2.34. The largest absolute Gasteiger partial charge is 0.416 e. The van der Waals surface area contributed by atoms with Gasteiger partial charge in [-0.1, -0.05) is 12.1 Å². The number of nitrogens with one attached hydrogen (secondary N) is 1. The van der Waals surface area contributed by atoms with Gasteiger partial charge in [0, 0.05) is 49.7 Å². The number of halogens is 3. The summed E-state index contributed by atoms with van der Waals surface area (Å²) in [5.74, 6) is -0.0248. The summed E-state index contributed by atoms with van der Waals surface area (Å²) in [4.78, 5) is 23.0. The van der Waals surface area contributed by atoms with Crippen LogP contribution in [0.25, 0.3) is 22.5 Å². The Bertz CT molecular complexity index is 1010. The average molecular weight is 415 g/mol. The summed E-state index contributed by atoms with van der Waals surface area (Å²) in [5.41, 5.74) is 1.79. The van der Waals surface area contributed by atoms with Gasteiger partial charge in [0.2, 0.25) is 5.91 Å². The number of rotatable bonds is 4. The first kappa shape index (κ1) is 20.1. The standard InChI is InChI=1S/C21H20F3N5O/c22-21(23,24)17-3-1-15(2-4-17)19-20(16-5-7-25-8-6-16)29(14-27-19)13-18(30)28-11-9-26-10-12-28/h1-8,14,26H,9-13H2. The lowest BCUT2D eigenvalue weighted by molar-refractivity contribution is -0.137. The molecule has 1 fully saturated rings. The third-order valence-electron chi connectivity index (χ3n) is 5.05. The molecule has 3 heterocycles. The number of pyridine rings is 1. The molecule has 2 aromatic heterocycles. The van der Waals surface area contributed by atoms with Crippen LogP contribution in [0.1, 0.15) is 5.56 Å². The number of benzene rings is 1. The molecule has 0 atom stereocenters. The first-order chi connectivity index (χ1) is 14.4. The number of hydrogen-bond acceptors (Lipinski definition) is 4. The lowest BCUT2D eigenvalue weighted by atomic mass is 10.0. The fraction of sp³-hybridized carbons (Fsp3) is 0.286. The predicted octanol–water partition coefficient (Wildman–Crippen LogP) is 3.06. The first-order valence-corrected chi connectivity index (χ1v) is 9.55. The SMILES string of the molecule is O=C(Cn1cnc(-c2ccc(C(F)(F)F)cc2)c1-c1ccncc1)N1CCNCC1. The molecule has 0 saturated carbocycles. The fourth-order valence-electron chi connectivity index (χ4n) is 3.50. The zero-order chi connectivity index (χ0) is 21.1. The minimum Gasteiger partial charge on any atom is -0.339 e. The second-order valence-electron chi connectivity index (χ2n) is 7.01. The third kappa shape index (κ3) is 4.20. The minimum atomic E-state index is -4.40. The van der Waals surface area contributed by atoms with Gasteiger partial charge in [-0.2, -0.15) is 13.2 Å². The van der Waals surface area contributed by atoms with E-state index in [-0.39, 0.29) is 12.5 Å². The molecule has 4 rings (SSSR count). The number of carbonyl (C=O) groups excluding carboxylic acids is 1. The van der Waals surface area contributed by atoms with Gasteiger partial charge in [-0.3, -0.25) is 9.78 Å². The smallest absolute Gasteiger partial charge is 0.339 e. The Morgan fingerprint density at radius 3 is 2.30 bits per heavy atom. The highest BCUT2D eigenvalue weighted by molar-refractivity contribution is 5.81. The second kappa shape index (κ2) is 8.27. The first-order valence-electron chi connectivity index (χ1n) is 9.55. The van der Waals surface area contributed by atoms with Crippen LogP contribution in [0.15, 0.2) is 55.1 Å². The lowest BCUT2D eigenvalue weighted by Crippen LogP contribution is -2.47. The maximum absolute atomic E-state index is 12.9. The van der Waals surface area contributed by atoms with Crippen molar-refractivity contribution in [3.05, 3.63) is 60.7 Å². The van der Waals surface area contributed by atoms with Crippen molar-refractivity contribution in [1.29, 1.82) is 0 Å². The number of hydrogen-bond donors (Lipinski definition) is 1. The molecule has 0 radical (unpaired) electrons. The van der Waals surface area contributed by atoms with E-state index in [1.165, 1.54) is 12.1 Å². The molecule has 1 aliphatic heterocycles. The Kier molecular flexibility index (Phi) is 5.54. The van der Waals surface area contributed by atoms with Gasteiger partial charge < -0.3 is 14.8 Å². The van der Waals surface area contributed by atoms with E-state index in [9.17, 15) is 18.0 Å². The van der Waals surface area contributed by atoms with Gasteiger partial charge in [0.25, 0.3) is 0 Å². The Balaban J connectivity index is 1.70. The van der Waals surface area contributed by atoms with Crippen LogP contribution in [0.4, 0.5) is 13.2 Å². The molecule has 0 aliphatic carbocycles. The van der Waals surface area contributed by atoms with Crippen molar-refractivity contribution in [2.24, 2.45) is 0 Å². The number of piperazine rings is 1. The van der Waals surface area contributed by atoms with Crippen molar-refractivity contribution in [2.45, 2.75) is 12.7 Å². The van der Waals surface area contributed by atoms with Crippen molar-refractivity contribution in [3.8, 4) is 22.5 Å². The van der Waals surface area contributed by atoms with Crippen LogP contribution in [0, 0.1) is 0 Å². The third-order valence-corrected chi connectivity index (χ3v) is 5.05. The number of imidazole rings is 1. The Hall–Kier alpha value is -3.20. The number of alkyl halides is 3. The van der Waals surface area contributed by atoms with Crippen LogP contribution >= 0.6 is 0 Å². The van der Waals surface area contributed by atoms with Crippen molar-refractivity contribution in [3.63, 3.8) is 0 Å². The van der Waals surface area contributed by atoms with Gasteiger partial charge in [-0.05, 0) is 24.3 Å². The van der Waals surface area contributed by atoms with Gasteiger partial charge in [0.1, 0.15) is 6.54 Å². The van der Waals surface area contributed by atoms with Crippen molar-refractivity contribution >= 4 is 5.91 Å². The van der Waals surface area contributed by atoms with Crippen LogP contribution in [0.3, 0.4) is 0 Å². The van der Waals surface area contributed by atoms with Gasteiger partial charge in [-0.25, -0.2) is 4.98 Å². The summed E-state index contributed by atoms with van der Waals surface area (Å²) in [5, 5.41) is 3.21. The maximum atomic E-state index is 12.9. The van der Waals surface area contributed by atoms with E-state index in [1.54, 1.807) is 40.3 Å². The van der Waals surface area contributed by atoms with E-state index in [1.807, 2.05) is 0 Å². The number of nitrogens with zero attached hydrogens (tertiary/aromatic N) is 4. The number of carbonyl (C=O) groups is 1. The van der Waals surface area contributed by atoms with Gasteiger partial charge in [-0.15, -0.1) is 0 Å². The van der Waals surface area contributed by atoms with E-state index in [0.29, 0.717) is 30.0 Å². The molecule has 1 aliphatic rings. The molecule has 1 N–H and O–H groups in total. The van der Waals surface area contributed by atoms with E-state index < -0.39 is 11.7 Å². The number of amides is 1. The molecule has 1 aromatic carbocycles. The molecular weight excluding hydrogens is 395 g/mol. The fourth-order valence-corrected chi connectivity index (χ4v) is 3.50. The van der Waals surface area contributed by atoms with Gasteiger partial charge in [0.05, 0.1) is 23.3 Å². The summed E-state index contributed by atoms with van der Waals surface area (Å²) in [6.45, 7) is 2.90. The molecule has 0 bridgehead atoms. The van der Waals surface area contributed by atoms with E-state index in [0.717, 1.165) is 30.8 Å². The molecular formula is C21H20F3N5O. The predicted molar refractivity (Wildman–Crippen MR) is 105 cm³/mol. The normalized spacial score (nSPS) is 14.7. The summed E-state index contributed by atoms with van der Waals surface area (Å²) in [6.07, 6.45) is 0.410. The highest BCUT2D eigenvalue weighted by Gasteiger charge is 2.30. The topological polar surface area (TPSA) is 63.1 Å². The summed E-state index contributed by atoms with van der Waals surface area (Å²) in [6, 6.07) is 8.45. The van der Waals surface area contributed by atoms with Crippen LogP contribution < -0.4 is 5.32 Å². The van der Waals surface area contributed by atoms with E-state index in [4.69, 9.17) is 0 Å². The van der Waals surface area contributed by atoms with Gasteiger partial charge in [0.15, 0.2) is 0 Å². The van der Waals surface area contributed by atoms with Gasteiger partial charge >= 0.3 is 6.18 Å². The molecule has 1 saturated heterocycles. The zero-order valence-corrected chi connectivity index (χ0v) is 16.1. The highest BCUT2D eigenvalue weighted by atomic mass is 19.4. The molecule has 1 amide bonds. The van der Waals surface area contributed by atoms with Crippen LogP contribution in [-0.4, -0.2) is 51.5 Å². The summed E-state index contributed by atoms with van der Waals surface area (Å²) >= 11 is 0. The van der Waals surface area contributed by atoms with Crippen LogP contribution in [-0.2, 0) is 17.5 Å². The van der Waals surface area contributed by atoms with Crippen molar-refractivity contribution in [1.82, 2.24) is 24.8 Å². The zero-order valence-electron chi connectivity index (χ0n) is 16.1. The lowest BCUT2D eigenvalue weighted by Gasteiger charge is -2.27. The molecule has 30 heavy (non-hydrogen) atoms. The molecule has 156 valence electrons. The van der Waals surface area contributed by atoms with Crippen LogP contribution in [0.5, 0.6) is 0 Å². The van der Waals surface area contributed by atoms with Crippen LogP contribution in [0.2, 0.25) is 0 Å². The van der Waals surface area contributed by atoms with Crippen molar-refractivity contribution in [2.75, 3.05) is 26.2 Å². The van der Waals surface area contributed by atoms with E-state index >= 15 is 0 Å². The summed E-state index contributed by atoms with van der Waals surface area (Å²) < 4.78 is 40.5. The monoisotopic (exact) mass is 415 g/mol. The molecule has 9 heteroatoms. The second-order valence-corrected chi connectivity index (χ2v) is 7.01. The van der Waals surface area contributed by atoms with E-state index in [2.05, 4.69) is 15.3 Å². The maximum Gasteiger partial charge on any atom is 0.416 e. The molecule has 0 unspecified atom stereocenters. The minimum absolute atomic E-state index is 0.0248.